The van der Waals surface area contributed by atoms with Crippen LogP contribution in [0.4, 0.5) is 11.4 Å². The first kappa shape index (κ1) is 17.6. The summed E-state index contributed by atoms with van der Waals surface area (Å²) < 4.78 is 19.9. The first-order chi connectivity index (χ1) is 11.9. The van der Waals surface area contributed by atoms with E-state index in [9.17, 15) is 19.8 Å². The van der Waals surface area contributed by atoms with Gasteiger partial charge in [0.15, 0.2) is 0 Å². The van der Waals surface area contributed by atoms with Gasteiger partial charge in [-0.1, -0.05) is 6.07 Å². The molecule has 12 heteroatoms. The lowest BCUT2D eigenvalue weighted by Gasteiger charge is -2.44. The molecule has 1 amide bonds. The molecule has 3 heterocycles. The van der Waals surface area contributed by atoms with Gasteiger partial charge < -0.3 is 9.63 Å². The molecular formula is C13H14N3O8P. The largest absolute Gasteiger partial charge is 0.606 e. The number of nitrogens with one attached hydrogen (secondary N) is 1. The summed E-state index contributed by atoms with van der Waals surface area (Å²) in [5.74, 6) is -0.551. The molecule has 11 nitrogen and oxygen atoms in total. The molecule has 1 aromatic rings. The molecule has 1 N–H and O–H groups in total. The summed E-state index contributed by atoms with van der Waals surface area (Å²) >= 11 is 0. The summed E-state index contributed by atoms with van der Waals surface area (Å²) in [6, 6.07) is 5.36. The number of amidine groups is 1. The third-order valence-electron chi connectivity index (χ3n) is 3.66. The first-order valence-corrected chi connectivity index (χ1v) is 8.54. The van der Waals surface area contributed by atoms with Crippen LogP contribution in [0, 0.1) is 15.5 Å². The van der Waals surface area contributed by atoms with Crippen LogP contribution in [0.3, 0.4) is 0 Å². The minimum absolute atomic E-state index is 0.121. The molecule has 0 atom stereocenters. The van der Waals surface area contributed by atoms with Gasteiger partial charge in [-0.15, -0.1) is 0 Å². The normalized spacial score (nSPS) is 28.5. The molecule has 1 aromatic carbocycles. The van der Waals surface area contributed by atoms with Gasteiger partial charge in [-0.05, 0) is 6.07 Å². The number of phosphoric acid groups is 1. The number of ether oxygens (including phenoxy) is 1. The van der Waals surface area contributed by atoms with E-state index in [0.29, 0.717) is 0 Å². The molecule has 0 saturated carbocycles. The number of fused-ring (bicyclic) bond motifs is 3. The Morgan fingerprint density at radius 1 is 1.36 bits per heavy atom. The number of carbonyl (C=O) groups is 1. The molecule has 0 aromatic heterocycles. The third kappa shape index (κ3) is 3.60. The Hall–Kier alpha value is -2.17. The summed E-state index contributed by atoms with van der Waals surface area (Å²) in [5.41, 5.74) is -1.09. The SMILES string of the molecule is COC(=Nc1cccc([N+](=O)[O-])c1)NC(=O)C12CO[P+]([O-])(OC1)OC2. The fourth-order valence-electron chi connectivity index (χ4n) is 2.19. The minimum atomic E-state index is -3.53. The van der Waals surface area contributed by atoms with E-state index in [4.69, 9.17) is 18.3 Å². The average molecular weight is 371 g/mol. The maximum Gasteiger partial charge on any atom is 0.379 e. The lowest BCUT2D eigenvalue weighted by Crippen LogP contribution is -2.58. The summed E-state index contributed by atoms with van der Waals surface area (Å²) in [6.45, 7) is -0.363. The van der Waals surface area contributed by atoms with Gasteiger partial charge in [-0.3, -0.25) is 20.2 Å². The number of methoxy groups -OCH3 is 1. The van der Waals surface area contributed by atoms with E-state index in [1.807, 2.05) is 0 Å². The van der Waals surface area contributed by atoms with Gasteiger partial charge in [-0.25, -0.2) is 0 Å². The fourth-order valence-corrected chi connectivity index (χ4v) is 3.63. The molecule has 0 radical (unpaired) electrons. The molecule has 4 rings (SSSR count). The number of nitro benzene ring substituents is 1. The summed E-state index contributed by atoms with van der Waals surface area (Å²) in [5, 5.41) is 13.2. The fraction of sp³-hybridized carbons (Fsp3) is 0.385. The van der Waals surface area contributed by atoms with Crippen molar-refractivity contribution >= 4 is 31.5 Å². The molecular weight excluding hydrogens is 357 g/mol. The smallest absolute Gasteiger partial charge is 0.379 e. The van der Waals surface area contributed by atoms with Crippen molar-refractivity contribution in [2.75, 3.05) is 26.9 Å². The van der Waals surface area contributed by atoms with E-state index < -0.39 is 24.4 Å². The van der Waals surface area contributed by atoms with Crippen LogP contribution in [0.2, 0.25) is 0 Å². The van der Waals surface area contributed by atoms with Crippen LogP contribution in [-0.2, 0) is 23.1 Å². The Kier molecular flexibility index (Phi) is 4.67. The summed E-state index contributed by atoms with van der Waals surface area (Å²) in [6.07, 6.45) is 0. The zero-order valence-corrected chi connectivity index (χ0v) is 13.9. The van der Waals surface area contributed by atoms with Crippen molar-refractivity contribution in [3.05, 3.63) is 34.4 Å². The highest BCUT2D eigenvalue weighted by atomic mass is 31.2. The zero-order valence-electron chi connectivity index (χ0n) is 13.0. The third-order valence-corrected chi connectivity index (χ3v) is 5.00. The highest BCUT2D eigenvalue weighted by molar-refractivity contribution is 7.54. The first-order valence-electron chi connectivity index (χ1n) is 7.08. The highest BCUT2D eigenvalue weighted by Crippen LogP contribution is 2.63. The van der Waals surface area contributed by atoms with E-state index in [2.05, 4.69) is 10.3 Å². The Morgan fingerprint density at radius 2 is 2.00 bits per heavy atom. The number of aliphatic imine (C=N–C) groups is 1. The van der Waals surface area contributed by atoms with Crippen LogP contribution in [0.5, 0.6) is 0 Å². The van der Waals surface area contributed by atoms with Crippen molar-refractivity contribution < 1.29 is 32.9 Å². The molecule has 0 aliphatic carbocycles. The van der Waals surface area contributed by atoms with E-state index in [1.54, 1.807) is 0 Å². The summed E-state index contributed by atoms with van der Waals surface area (Å²) in [4.78, 5) is 38.5. The van der Waals surface area contributed by atoms with Gasteiger partial charge in [-0.2, -0.15) is 18.6 Å². The predicted molar refractivity (Wildman–Crippen MR) is 82.6 cm³/mol. The second kappa shape index (κ2) is 6.62. The maximum absolute atomic E-state index is 12.5. The highest BCUT2D eigenvalue weighted by Gasteiger charge is 2.59. The van der Waals surface area contributed by atoms with Crippen molar-refractivity contribution in [2.45, 2.75) is 0 Å². The lowest BCUT2D eigenvalue weighted by molar-refractivity contribution is -0.384. The number of phosphoric ester groups is 1. The second-order valence-electron chi connectivity index (χ2n) is 5.40. The lowest BCUT2D eigenvalue weighted by atomic mass is 9.90. The quantitative estimate of drug-likeness (QED) is 0.265. The molecule has 0 spiro atoms. The Balaban J connectivity index is 1.75. The van der Waals surface area contributed by atoms with Crippen molar-refractivity contribution in [3.63, 3.8) is 0 Å². The number of nitrogens with zero attached hydrogens (tertiary/aromatic N) is 2. The molecule has 3 fully saturated rings. The van der Waals surface area contributed by atoms with Gasteiger partial charge in [0.05, 0.1) is 17.7 Å². The van der Waals surface area contributed by atoms with Gasteiger partial charge >= 0.3 is 8.17 Å². The molecule has 3 saturated heterocycles. The predicted octanol–water partition coefficient (Wildman–Crippen LogP) is 0.446. The number of benzene rings is 1. The van der Waals surface area contributed by atoms with Gasteiger partial charge in [0, 0.05) is 12.1 Å². The Bertz CT molecular complexity index is 715. The minimum Gasteiger partial charge on any atom is -0.606 e. The number of hydrogen-bond acceptors (Lipinski definition) is 9. The Morgan fingerprint density at radius 3 is 2.56 bits per heavy atom. The molecule has 134 valence electrons. The van der Waals surface area contributed by atoms with Crippen LogP contribution in [0.1, 0.15) is 0 Å². The van der Waals surface area contributed by atoms with E-state index >= 15 is 0 Å². The van der Waals surface area contributed by atoms with Crippen molar-refractivity contribution in [1.29, 1.82) is 0 Å². The van der Waals surface area contributed by atoms with E-state index in [0.717, 1.165) is 0 Å². The van der Waals surface area contributed by atoms with Gasteiger partial charge in [0.1, 0.15) is 25.2 Å². The van der Waals surface area contributed by atoms with E-state index in [-0.39, 0.29) is 37.2 Å². The summed E-state index contributed by atoms with van der Waals surface area (Å²) in [7, 11) is -2.24. The molecule has 25 heavy (non-hydrogen) atoms. The van der Waals surface area contributed by atoms with Crippen LogP contribution < -0.4 is 10.2 Å². The number of hydrogen-bond donors (Lipinski definition) is 1. The van der Waals surface area contributed by atoms with Crippen molar-refractivity contribution in [1.82, 2.24) is 5.32 Å². The molecule has 2 bridgehead atoms. The number of carbonyl (C=O) groups excluding carboxylic acids is 1. The monoisotopic (exact) mass is 371 g/mol. The number of rotatable bonds is 3. The van der Waals surface area contributed by atoms with Crippen molar-refractivity contribution in [3.8, 4) is 0 Å². The topological polar surface area (TPSA) is 145 Å². The van der Waals surface area contributed by atoms with Crippen LogP contribution in [-0.4, -0.2) is 43.8 Å². The average Bonchev–Trinajstić information content (AvgIpc) is 2.62. The number of amides is 1. The van der Waals surface area contributed by atoms with Gasteiger partial charge in [0.25, 0.3) is 11.7 Å². The zero-order chi connectivity index (χ0) is 18.1. The second-order valence-corrected chi connectivity index (χ2v) is 7.07. The standard InChI is InChI=1S/C13H14N3O8P/c1-21-12(14-9-3-2-4-10(5-9)16(18)19)15-11(17)13-6-22-25(20,23-7-13)24-8-13/h2-5H,6-8H2,1H3,(H,14,15,17). The number of non-ortho nitro benzene ring substituents is 1. The molecule has 0 unspecified atom stereocenters. The molecule has 3 aliphatic rings. The van der Waals surface area contributed by atoms with Crippen LogP contribution in [0.25, 0.3) is 0 Å². The maximum atomic E-state index is 12.5. The molecule has 3 aliphatic heterocycles. The number of nitro groups is 1. The Labute approximate surface area is 142 Å². The van der Waals surface area contributed by atoms with Gasteiger partial charge in [0.2, 0.25) is 5.91 Å². The van der Waals surface area contributed by atoms with E-state index in [1.165, 1.54) is 31.4 Å². The van der Waals surface area contributed by atoms with Crippen LogP contribution in [0.15, 0.2) is 29.3 Å². The van der Waals surface area contributed by atoms with Crippen molar-refractivity contribution in [2.24, 2.45) is 10.4 Å². The van der Waals surface area contributed by atoms with Crippen LogP contribution >= 0.6 is 8.17 Å².